The van der Waals surface area contributed by atoms with E-state index in [-0.39, 0.29) is 11.8 Å². The molecule has 2 amide bonds. The lowest BCUT2D eigenvalue weighted by Crippen LogP contribution is -2.40. The molecule has 2 atom stereocenters. The third kappa shape index (κ3) is 4.11. The molecule has 0 aliphatic carbocycles. The maximum Gasteiger partial charge on any atom is 0.256 e. The number of hydrogen-bond acceptors (Lipinski definition) is 4. The highest BCUT2D eigenvalue weighted by atomic mass is 35.5. The van der Waals surface area contributed by atoms with Gasteiger partial charge in [0.15, 0.2) is 0 Å². The molecule has 2 heterocycles. The summed E-state index contributed by atoms with van der Waals surface area (Å²) in [7, 11) is 0. The number of hydrazone groups is 2. The molecule has 2 aliphatic rings. The lowest BCUT2D eigenvalue weighted by Gasteiger charge is -2.29. The largest absolute Gasteiger partial charge is 0.272 e. The molecule has 0 bridgehead atoms. The smallest absolute Gasteiger partial charge is 0.256 e. The Balaban J connectivity index is 1.57. The van der Waals surface area contributed by atoms with Crippen molar-refractivity contribution < 1.29 is 9.59 Å². The van der Waals surface area contributed by atoms with E-state index in [1.807, 2.05) is 94.4 Å². The molecular formula is C29H27ClN4O2. The molecule has 0 radical (unpaired) electrons. The molecule has 0 fully saturated rings. The van der Waals surface area contributed by atoms with Crippen molar-refractivity contribution in [1.82, 2.24) is 0 Å². The summed E-state index contributed by atoms with van der Waals surface area (Å²) in [5, 5.41) is 12.6. The number of hydrogen-bond donors (Lipinski definition) is 0. The summed E-state index contributed by atoms with van der Waals surface area (Å²) in [6.45, 7) is 7.66. The van der Waals surface area contributed by atoms with E-state index in [4.69, 9.17) is 11.6 Å². The fourth-order valence-corrected chi connectivity index (χ4v) is 5.29. The van der Waals surface area contributed by atoms with Gasteiger partial charge in [0.25, 0.3) is 11.8 Å². The van der Waals surface area contributed by atoms with Gasteiger partial charge in [-0.25, -0.2) is 10.0 Å². The first kappa shape index (κ1) is 23.9. The van der Waals surface area contributed by atoms with Gasteiger partial charge in [-0.1, -0.05) is 65.2 Å². The van der Waals surface area contributed by atoms with Crippen LogP contribution in [0.4, 0.5) is 11.4 Å². The molecule has 2 unspecified atom stereocenters. The zero-order valence-corrected chi connectivity index (χ0v) is 21.4. The van der Waals surface area contributed by atoms with E-state index in [2.05, 4.69) is 10.2 Å². The lowest BCUT2D eigenvalue weighted by atomic mass is 9.73. The minimum Gasteiger partial charge on any atom is -0.272 e. The molecule has 182 valence electrons. The maximum atomic E-state index is 13.9. The van der Waals surface area contributed by atoms with Crippen molar-refractivity contribution >= 4 is 46.2 Å². The van der Waals surface area contributed by atoms with Crippen molar-refractivity contribution in [2.75, 3.05) is 10.0 Å². The third-order valence-electron chi connectivity index (χ3n) is 6.90. The summed E-state index contributed by atoms with van der Waals surface area (Å²) in [6.07, 6.45) is 0. The minimum atomic E-state index is -0.664. The van der Waals surface area contributed by atoms with Gasteiger partial charge in [-0.2, -0.15) is 10.2 Å². The Labute approximate surface area is 215 Å². The van der Waals surface area contributed by atoms with E-state index in [0.29, 0.717) is 27.8 Å². The highest BCUT2D eigenvalue weighted by Gasteiger charge is 2.50. The average Bonchev–Trinajstić information content (AvgIpc) is 3.32. The normalized spacial score (nSPS) is 20.6. The molecule has 0 saturated heterocycles. The molecule has 5 rings (SSSR count). The third-order valence-corrected chi connectivity index (χ3v) is 7.25. The Hall–Kier alpha value is -3.77. The van der Waals surface area contributed by atoms with Crippen LogP contribution in [-0.2, 0) is 9.59 Å². The molecule has 7 heteroatoms. The fraction of sp³-hybridized carbons (Fsp3) is 0.241. The number of carbonyl (C=O) groups excluding carboxylic acids is 2. The second-order valence-electron chi connectivity index (χ2n) is 9.46. The van der Waals surface area contributed by atoms with Crippen LogP contribution in [0.2, 0.25) is 5.02 Å². The van der Waals surface area contributed by atoms with E-state index in [1.54, 1.807) is 6.07 Å². The predicted octanol–water partition coefficient (Wildman–Crippen LogP) is 6.12. The summed E-state index contributed by atoms with van der Waals surface area (Å²) >= 11 is 6.68. The van der Waals surface area contributed by atoms with Gasteiger partial charge in [-0.15, -0.1) is 0 Å². The average molecular weight is 499 g/mol. The summed E-state index contributed by atoms with van der Waals surface area (Å²) in [4.78, 5) is 27.8. The predicted molar refractivity (Wildman–Crippen MR) is 145 cm³/mol. The van der Waals surface area contributed by atoms with Crippen LogP contribution in [0.5, 0.6) is 0 Å². The number of aryl methyl sites for hydroxylation is 2. The molecule has 0 spiro atoms. The summed E-state index contributed by atoms with van der Waals surface area (Å²) in [5.41, 5.74) is 5.58. The van der Waals surface area contributed by atoms with Crippen LogP contribution >= 0.6 is 11.6 Å². The van der Waals surface area contributed by atoms with Crippen molar-refractivity contribution in [3.05, 3.63) is 94.5 Å². The van der Waals surface area contributed by atoms with E-state index < -0.39 is 17.8 Å². The van der Waals surface area contributed by atoms with Gasteiger partial charge < -0.3 is 0 Å². The Bertz CT molecular complexity index is 1310. The van der Waals surface area contributed by atoms with Gasteiger partial charge in [0.05, 0.1) is 23.2 Å². The van der Waals surface area contributed by atoms with Crippen molar-refractivity contribution in [2.45, 2.75) is 33.6 Å². The highest BCUT2D eigenvalue weighted by Crippen LogP contribution is 2.44. The maximum absolute atomic E-state index is 13.9. The van der Waals surface area contributed by atoms with E-state index in [0.717, 1.165) is 16.7 Å². The van der Waals surface area contributed by atoms with Gasteiger partial charge in [0.1, 0.15) is 0 Å². The van der Waals surface area contributed by atoms with Crippen LogP contribution in [-0.4, -0.2) is 23.2 Å². The zero-order valence-electron chi connectivity index (χ0n) is 20.6. The van der Waals surface area contributed by atoms with Crippen LogP contribution in [0.1, 0.15) is 36.5 Å². The Kier molecular flexibility index (Phi) is 6.22. The van der Waals surface area contributed by atoms with Gasteiger partial charge in [0.2, 0.25) is 0 Å². The second kappa shape index (κ2) is 9.36. The lowest BCUT2D eigenvalue weighted by molar-refractivity contribution is -0.122. The Morgan fingerprint density at radius 1 is 0.667 bits per heavy atom. The molecule has 3 aromatic rings. The van der Waals surface area contributed by atoms with E-state index >= 15 is 0 Å². The van der Waals surface area contributed by atoms with Crippen LogP contribution < -0.4 is 10.0 Å². The molecule has 0 aromatic heterocycles. The Morgan fingerprint density at radius 3 is 1.50 bits per heavy atom. The second-order valence-corrected chi connectivity index (χ2v) is 9.86. The summed E-state index contributed by atoms with van der Waals surface area (Å²) in [6, 6.07) is 22.7. The van der Waals surface area contributed by atoms with E-state index in [9.17, 15) is 9.59 Å². The number of carbonyl (C=O) groups is 2. The van der Waals surface area contributed by atoms with Gasteiger partial charge in [-0.05, 0) is 63.6 Å². The van der Waals surface area contributed by atoms with Gasteiger partial charge in [0, 0.05) is 22.4 Å². The molecule has 0 saturated carbocycles. The molecular weight excluding hydrogens is 472 g/mol. The number of rotatable bonds is 5. The van der Waals surface area contributed by atoms with Gasteiger partial charge >= 0.3 is 0 Å². The number of anilines is 2. The van der Waals surface area contributed by atoms with Crippen molar-refractivity contribution in [1.29, 1.82) is 0 Å². The first-order valence-electron chi connectivity index (χ1n) is 11.9. The number of nitrogens with zero attached hydrogens (tertiary/aromatic N) is 4. The van der Waals surface area contributed by atoms with Crippen molar-refractivity contribution in [3.8, 4) is 0 Å². The van der Waals surface area contributed by atoms with Crippen LogP contribution in [0.3, 0.4) is 0 Å². The van der Waals surface area contributed by atoms with Crippen molar-refractivity contribution in [3.63, 3.8) is 0 Å². The standard InChI is InChI=1S/C29H27ClN4O2/c1-17-9-13-21(14-10-17)33-28(35)25(19(3)31-33)27(23-7-5-6-8-24(23)30)26-20(4)32-34(29(26)36)22-15-11-18(2)12-16-22/h5-16,25-27H,1-4H3. The van der Waals surface area contributed by atoms with Crippen LogP contribution in [0, 0.1) is 25.7 Å². The first-order chi connectivity index (χ1) is 17.3. The van der Waals surface area contributed by atoms with Crippen molar-refractivity contribution in [2.24, 2.45) is 22.0 Å². The number of amides is 2. The summed E-state index contributed by atoms with van der Waals surface area (Å²) in [5.74, 6) is -2.25. The molecule has 6 nitrogen and oxygen atoms in total. The van der Waals surface area contributed by atoms with Crippen LogP contribution in [0.25, 0.3) is 0 Å². The quantitative estimate of drug-likeness (QED) is 0.425. The molecule has 36 heavy (non-hydrogen) atoms. The molecule has 2 aliphatic heterocycles. The fourth-order valence-electron chi connectivity index (χ4n) is 5.03. The zero-order chi connectivity index (χ0) is 25.6. The number of benzene rings is 3. The Morgan fingerprint density at radius 2 is 1.08 bits per heavy atom. The van der Waals surface area contributed by atoms with Gasteiger partial charge in [-0.3, -0.25) is 9.59 Å². The molecule has 0 N–H and O–H groups in total. The summed E-state index contributed by atoms with van der Waals surface area (Å²) < 4.78 is 0. The topological polar surface area (TPSA) is 65.3 Å². The van der Waals surface area contributed by atoms with E-state index in [1.165, 1.54) is 10.0 Å². The molecule has 3 aromatic carbocycles. The van der Waals surface area contributed by atoms with Crippen LogP contribution in [0.15, 0.2) is 83.0 Å². The first-order valence-corrected chi connectivity index (χ1v) is 12.3. The minimum absolute atomic E-state index is 0.185. The number of halogens is 1. The monoisotopic (exact) mass is 498 g/mol. The SMILES string of the molecule is CC1=NN(c2ccc(C)cc2)C(=O)C1C(c1ccccc1Cl)C1C(=O)N(c2ccc(C)cc2)N=C1C. The highest BCUT2D eigenvalue weighted by molar-refractivity contribution is 6.31.